The standard InChI is InChI=1S/C25H30N4O3/c1-19(26-23(30)18-32-20-11-5-4-6-12-20)25-27-21-13-7-8-14-22(21)29(25)17-24(31)28-15-9-2-3-10-16-28/h4-8,11-14,19H,2-3,9-10,15-18H2,1H3,(H,26,30). The molecule has 1 unspecified atom stereocenters. The number of ether oxygens (including phenoxy) is 1. The highest BCUT2D eigenvalue weighted by atomic mass is 16.5. The highest BCUT2D eigenvalue weighted by molar-refractivity contribution is 5.82. The summed E-state index contributed by atoms with van der Waals surface area (Å²) in [6.45, 7) is 3.64. The Morgan fingerprint density at radius 3 is 2.44 bits per heavy atom. The van der Waals surface area contributed by atoms with E-state index in [2.05, 4.69) is 5.32 Å². The maximum Gasteiger partial charge on any atom is 0.258 e. The molecular formula is C25H30N4O3. The van der Waals surface area contributed by atoms with Crippen LogP contribution in [0.5, 0.6) is 5.75 Å². The number of imidazole rings is 1. The first-order chi connectivity index (χ1) is 15.6. The first kappa shape index (κ1) is 21.9. The van der Waals surface area contributed by atoms with Gasteiger partial charge in [-0.15, -0.1) is 0 Å². The molecule has 1 aliphatic heterocycles. The van der Waals surface area contributed by atoms with Crippen LogP contribution < -0.4 is 10.1 Å². The first-order valence-electron chi connectivity index (χ1n) is 11.3. The van der Waals surface area contributed by atoms with Crippen molar-refractivity contribution in [1.82, 2.24) is 19.8 Å². The average Bonchev–Trinajstić information content (AvgIpc) is 2.98. The van der Waals surface area contributed by atoms with E-state index in [9.17, 15) is 9.59 Å². The van der Waals surface area contributed by atoms with E-state index in [0.717, 1.165) is 37.0 Å². The summed E-state index contributed by atoms with van der Waals surface area (Å²) in [5.74, 6) is 1.18. The van der Waals surface area contributed by atoms with Crippen LogP contribution in [0.15, 0.2) is 54.6 Å². The summed E-state index contributed by atoms with van der Waals surface area (Å²) < 4.78 is 7.49. The van der Waals surface area contributed by atoms with Crippen molar-refractivity contribution in [3.8, 4) is 5.75 Å². The fraction of sp³-hybridized carbons (Fsp3) is 0.400. The Balaban J connectivity index is 1.48. The summed E-state index contributed by atoms with van der Waals surface area (Å²) in [7, 11) is 0. The number of fused-ring (bicyclic) bond motifs is 1. The number of amides is 2. The number of nitrogens with zero attached hydrogens (tertiary/aromatic N) is 3. The number of hydrogen-bond acceptors (Lipinski definition) is 4. The van der Waals surface area contributed by atoms with E-state index in [-0.39, 0.29) is 31.0 Å². The molecule has 0 spiro atoms. The molecule has 0 radical (unpaired) electrons. The lowest BCUT2D eigenvalue weighted by Crippen LogP contribution is -2.36. The second-order valence-corrected chi connectivity index (χ2v) is 8.23. The zero-order valence-electron chi connectivity index (χ0n) is 18.5. The van der Waals surface area contributed by atoms with Gasteiger partial charge in [0, 0.05) is 13.1 Å². The minimum Gasteiger partial charge on any atom is -0.484 e. The highest BCUT2D eigenvalue weighted by Crippen LogP contribution is 2.22. The van der Waals surface area contributed by atoms with Crippen molar-refractivity contribution in [2.75, 3.05) is 19.7 Å². The molecular weight excluding hydrogens is 404 g/mol. The number of hydrogen-bond donors (Lipinski definition) is 1. The number of carbonyl (C=O) groups is 2. The smallest absolute Gasteiger partial charge is 0.258 e. The van der Waals surface area contributed by atoms with Gasteiger partial charge in [-0.25, -0.2) is 4.98 Å². The highest BCUT2D eigenvalue weighted by Gasteiger charge is 2.22. The predicted octanol–water partition coefficient (Wildman–Crippen LogP) is 3.70. The second kappa shape index (κ2) is 10.3. The van der Waals surface area contributed by atoms with E-state index in [1.807, 2.05) is 71.0 Å². The maximum atomic E-state index is 13.1. The largest absolute Gasteiger partial charge is 0.484 e. The van der Waals surface area contributed by atoms with Crippen LogP contribution in [0.3, 0.4) is 0 Å². The van der Waals surface area contributed by atoms with E-state index in [4.69, 9.17) is 9.72 Å². The molecule has 2 heterocycles. The van der Waals surface area contributed by atoms with Gasteiger partial charge in [-0.3, -0.25) is 9.59 Å². The summed E-state index contributed by atoms with van der Waals surface area (Å²) in [6.07, 6.45) is 4.46. The fourth-order valence-corrected chi connectivity index (χ4v) is 4.16. The van der Waals surface area contributed by atoms with Gasteiger partial charge in [0.1, 0.15) is 18.1 Å². The van der Waals surface area contributed by atoms with Gasteiger partial charge >= 0.3 is 0 Å². The minimum absolute atomic E-state index is 0.0821. The Hall–Kier alpha value is -3.35. The van der Waals surface area contributed by atoms with Crippen molar-refractivity contribution in [3.63, 3.8) is 0 Å². The first-order valence-corrected chi connectivity index (χ1v) is 11.3. The monoisotopic (exact) mass is 434 g/mol. The summed E-state index contributed by atoms with van der Waals surface area (Å²) >= 11 is 0. The van der Waals surface area contributed by atoms with Gasteiger partial charge in [-0.1, -0.05) is 43.2 Å². The zero-order chi connectivity index (χ0) is 22.3. The fourth-order valence-electron chi connectivity index (χ4n) is 4.16. The molecule has 0 bridgehead atoms. The second-order valence-electron chi connectivity index (χ2n) is 8.23. The molecule has 1 aromatic heterocycles. The van der Waals surface area contributed by atoms with Crippen LogP contribution in [-0.4, -0.2) is 46.0 Å². The molecule has 3 aromatic rings. The van der Waals surface area contributed by atoms with Crippen molar-refractivity contribution >= 4 is 22.8 Å². The Morgan fingerprint density at radius 2 is 1.69 bits per heavy atom. The number of aromatic nitrogens is 2. The van der Waals surface area contributed by atoms with Crippen LogP contribution in [0.4, 0.5) is 0 Å². The van der Waals surface area contributed by atoms with Gasteiger partial charge < -0.3 is 19.5 Å². The lowest BCUT2D eigenvalue weighted by atomic mass is 10.2. The zero-order valence-corrected chi connectivity index (χ0v) is 18.5. The predicted molar refractivity (Wildman–Crippen MR) is 123 cm³/mol. The van der Waals surface area contributed by atoms with Gasteiger partial charge in [0.2, 0.25) is 5.91 Å². The average molecular weight is 435 g/mol. The topological polar surface area (TPSA) is 76.5 Å². The molecule has 0 saturated carbocycles. The van der Waals surface area contributed by atoms with E-state index in [1.54, 1.807) is 0 Å². The van der Waals surface area contributed by atoms with Gasteiger partial charge in [0.25, 0.3) is 5.91 Å². The molecule has 1 saturated heterocycles. The summed E-state index contributed by atoms with van der Waals surface area (Å²) in [4.78, 5) is 32.3. The summed E-state index contributed by atoms with van der Waals surface area (Å²) in [6, 6.07) is 16.6. The van der Waals surface area contributed by atoms with E-state index < -0.39 is 0 Å². The van der Waals surface area contributed by atoms with E-state index >= 15 is 0 Å². The molecule has 168 valence electrons. The summed E-state index contributed by atoms with van der Waals surface area (Å²) in [5.41, 5.74) is 1.71. The van der Waals surface area contributed by atoms with Crippen molar-refractivity contribution in [1.29, 1.82) is 0 Å². The number of likely N-dealkylation sites (tertiary alicyclic amines) is 1. The van der Waals surface area contributed by atoms with Crippen LogP contribution in [0.25, 0.3) is 11.0 Å². The van der Waals surface area contributed by atoms with Gasteiger partial charge in [-0.05, 0) is 44.0 Å². The number of nitrogens with one attached hydrogen (secondary N) is 1. The molecule has 1 atom stereocenters. The van der Waals surface area contributed by atoms with Crippen molar-refractivity contribution in [2.24, 2.45) is 0 Å². The molecule has 32 heavy (non-hydrogen) atoms. The Bertz CT molecular complexity index is 1060. The number of para-hydroxylation sites is 3. The third-order valence-corrected chi connectivity index (χ3v) is 5.81. The molecule has 1 aliphatic rings. The van der Waals surface area contributed by atoms with Crippen LogP contribution >= 0.6 is 0 Å². The van der Waals surface area contributed by atoms with Crippen LogP contribution in [-0.2, 0) is 16.1 Å². The SMILES string of the molecule is CC(NC(=O)COc1ccccc1)c1nc2ccccc2n1CC(=O)N1CCCCCC1. The number of carbonyl (C=O) groups excluding carboxylic acids is 2. The quantitative estimate of drug-likeness (QED) is 0.615. The van der Waals surface area contributed by atoms with E-state index in [1.165, 1.54) is 12.8 Å². The van der Waals surface area contributed by atoms with Crippen molar-refractivity contribution in [3.05, 3.63) is 60.4 Å². The van der Waals surface area contributed by atoms with Crippen LogP contribution in [0.2, 0.25) is 0 Å². The summed E-state index contributed by atoms with van der Waals surface area (Å²) in [5, 5.41) is 2.96. The molecule has 1 N–H and O–H groups in total. The van der Waals surface area contributed by atoms with Crippen LogP contribution in [0, 0.1) is 0 Å². The van der Waals surface area contributed by atoms with Crippen LogP contribution in [0.1, 0.15) is 44.5 Å². The Labute approximate surface area is 188 Å². The Morgan fingerprint density at radius 1 is 1.00 bits per heavy atom. The lowest BCUT2D eigenvalue weighted by molar-refractivity contribution is -0.131. The Kier molecular flexibility index (Phi) is 7.04. The number of rotatable bonds is 7. The lowest BCUT2D eigenvalue weighted by Gasteiger charge is -2.22. The number of benzene rings is 2. The molecule has 2 aromatic carbocycles. The molecule has 7 heteroatoms. The normalized spacial score (nSPS) is 15.2. The third kappa shape index (κ3) is 5.28. The minimum atomic E-state index is -0.369. The molecule has 0 aliphatic carbocycles. The van der Waals surface area contributed by atoms with Gasteiger partial charge in [-0.2, -0.15) is 0 Å². The van der Waals surface area contributed by atoms with Crippen molar-refractivity contribution in [2.45, 2.75) is 45.2 Å². The molecule has 7 nitrogen and oxygen atoms in total. The molecule has 1 fully saturated rings. The van der Waals surface area contributed by atoms with E-state index in [0.29, 0.717) is 11.6 Å². The molecule has 2 amide bonds. The molecule has 4 rings (SSSR count). The maximum absolute atomic E-state index is 13.1. The van der Waals surface area contributed by atoms with Gasteiger partial charge in [0.05, 0.1) is 17.1 Å². The van der Waals surface area contributed by atoms with Crippen molar-refractivity contribution < 1.29 is 14.3 Å². The van der Waals surface area contributed by atoms with Gasteiger partial charge in [0.15, 0.2) is 6.61 Å². The third-order valence-electron chi connectivity index (χ3n) is 5.81.